The molecule has 4 aromatic rings. The zero-order valence-corrected chi connectivity index (χ0v) is 18.2. The SMILES string of the molecule is COc1ccc(/C=N\NC(=O)c2cc(-c3ccc(C)cc3)n(-c3ccc(C)cc3)n2)cc1. The Labute approximate surface area is 187 Å². The van der Waals surface area contributed by atoms with Crippen LogP contribution >= 0.6 is 0 Å². The van der Waals surface area contributed by atoms with Gasteiger partial charge in [-0.05, 0) is 61.9 Å². The number of aryl methyl sites for hydroxylation is 2. The predicted octanol–water partition coefficient (Wildman–Crippen LogP) is 4.93. The number of rotatable bonds is 6. The molecule has 1 aromatic heterocycles. The summed E-state index contributed by atoms with van der Waals surface area (Å²) in [6.07, 6.45) is 1.58. The van der Waals surface area contributed by atoms with Gasteiger partial charge < -0.3 is 4.74 Å². The maximum atomic E-state index is 12.8. The van der Waals surface area contributed by atoms with Gasteiger partial charge in [0.1, 0.15) is 5.75 Å². The molecule has 0 unspecified atom stereocenters. The molecule has 6 nitrogen and oxygen atoms in total. The van der Waals surface area contributed by atoms with Gasteiger partial charge in [-0.1, -0.05) is 47.5 Å². The normalized spacial score (nSPS) is 11.0. The molecule has 0 fully saturated rings. The van der Waals surface area contributed by atoms with Gasteiger partial charge in [-0.15, -0.1) is 0 Å². The fourth-order valence-corrected chi connectivity index (χ4v) is 3.22. The van der Waals surface area contributed by atoms with Gasteiger partial charge in [0.25, 0.3) is 5.91 Å². The molecule has 0 saturated carbocycles. The van der Waals surface area contributed by atoms with Crippen LogP contribution in [0.25, 0.3) is 16.9 Å². The first-order valence-electron chi connectivity index (χ1n) is 10.2. The molecule has 0 bridgehead atoms. The van der Waals surface area contributed by atoms with Crippen molar-refractivity contribution >= 4 is 12.1 Å². The van der Waals surface area contributed by atoms with Gasteiger partial charge >= 0.3 is 0 Å². The van der Waals surface area contributed by atoms with Gasteiger partial charge in [-0.25, -0.2) is 10.1 Å². The minimum Gasteiger partial charge on any atom is -0.497 e. The summed E-state index contributed by atoms with van der Waals surface area (Å²) >= 11 is 0. The van der Waals surface area contributed by atoms with Crippen LogP contribution in [0.5, 0.6) is 5.75 Å². The van der Waals surface area contributed by atoms with E-state index in [4.69, 9.17) is 4.74 Å². The first-order valence-corrected chi connectivity index (χ1v) is 10.2. The molecule has 0 radical (unpaired) electrons. The van der Waals surface area contributed by atoms with E-state index in [1.807, 2.05) is 86.6 Å². The summed E-state index contributed by atoms with van der Waals surface area (Å²) in [7, 11) is 1.62. The third-order valence-corrected chi connectivity index (χ3v) is 5.06. The molecule has 1 N–H and O–H groups in total. The monoisotopic (exact) mass is 424 g/mol. The van der Waals surface area contributed by atoms with Crippen LogP contribution in [0.3, 0.4) is 0 Å². The number of carbonyl (C=O) groups excluding carboxylic acids is 1. The van der Waals surface area contributed by atoms with E-state index in [9.17, 15) is 4.79 Å². The number of ether oxygens (including phenoxy) is 1. The first kappa shape index (κ1) is 21.1. The Balaban J connectivity index is 1.61. The van der Waals surface area contributed by atoms with E-state index < -0.39 is 0 Å². The summed E-state index contributed by atoms with van der Waals surface area (Å²) in [4.78, 5) is 12.8. The van der Waals surface area contributed by atoms with Gasteiger partial charge in [0.2, 0.25) is 0 Å². The van der Waals surface area contributed by atoms with Crippen LogP contribution in [0.15, 0.2) is 84.0 Å². The molecule has 1 amide bonds. The highest BCUT2D eigenvalue weighted by Crippen LogP contribution is 2.25. The van der Waals surface area contributed by atoms with Crippen LogP contribution in [-0.4, -0.2) is 29.0 Å². The topological polar surface area (TPSA) is 68.5 Å². The number of aromatic nitrogens is 2. The van der Waals surface area contributed by atoms with E-state index >= 15 is 0 Å². The molecule has 0 aliphatic heterocycles. The number of nitrogens with zero attached hydrogens (tertiary/aromatic N) is 3. The third-order valence-electron chi connectivity index (χ3n) is 5.06. The molecule has 3 aromatic carbocycles. The van der Waals surface area contributed by atoms with E-state index in [0.29, 0.717) is 0 Å². The average Bonchev–Trinajstić information content (AvgIpc) is 3.26. The van der Waals surface area contributed by atoms with Gasteiger partial charge in [-0.2, -0.15) is 10.2 Å². The number of benzene rings is 3. The second-order valence-corrected chi connectivity index (χ2v) is 7.50. The quantitative estimate of drug-likeness (QED) is 0.353. The smallest absolute Gasteiger partial charge is 0.291 e. The van der Waals surface area contributed by atoms with E-state index in [2.05, 4.69) is 15.6 Å². The lowest BCUT2D eigenvalue weighted by atomic mass is 10.1. The lowest BCUT2D eigenvalue weighted by molar-refractivity contribution is 0.0949. The van der Waals surface area contributed by atoms with Crippen molar-refractivity contribution in [1.29, 1.82) is 0 Å². The number of carbonyl (C=O) groups is 1. The standard InChI is InChI=1S/C26H24N4O2/c1-18-4-10-21(11-5-18)25-16-24(29-30(25)22-12-6-19(2)7-13-22)26(31)28-27-17-20-8-14-23(32-3)15-9-20/h4-17H,1-3H3,(H,28,31)/b27-17-. The number of hydrogen-bond acceptors (Lipinski definition) is 4. The maximum absolute atomic E-state index is 12.8. The Kier molecular flexibility index (Phi) is 6.12. The minimum absolute atomic E-state index is 0.285. The largest absolute Gasteiger partial charge is 0.497 e. The van der Waals surface area contributed by atoms with E-state index in [1.165, 1.54) is 5.56 Å². The molecule has 0 aliphatic carbocycles. The summed E-state index contributed by atoms with van der Waals surface area (Å²) in [5, 5.41) is 8.64. The van der Waals surface area contributed by atoms with Crippen molar-refractivity contribution in [2.45, 2.75) is 13.8 Å². The van der Waals surface area contributed by atoms with Gasteiger partial charge in [0.05, 0.1) is 24.7 Å². The molecule has 0 aliphatic rings. The van der Waals surface area contributed by atoms with E-state index in [0.717, 1.165) is 33.8 Å². The fourth-order valence-electron chi connectivity index (χ4n) is 3.22. The molecule has 32 heavy (non-hydrogen) atoms. The molecule has 6 heteroatoms. The summed E-state index contributed by atoms with van der Waals surface area (Å²) in [6, 6.07) is 25.3. The lowest BCUT2D eigenvalue weighted by Crippen LogP contribution is -2.18. The van der Waals surface area contributed by atoms with Crippen molar-refractivity contribution in [2.75, 3.05) is 7.11 Å². The minimum atomic E-state index is -0.381. The molecular weight excluding hydrogens is 400 g/mol. The Morgan fingerprint density at radius 3 is 2.19 bits per heavy atom. The van der Waals surface area contributed by atoms with Crippen LogP contribution in [0.2, 0.25) is 0 Å². The van der Waals surface area contributed by atoms with Crippen LogP contribution in [0.4, 0.5) is 0 Å². The van der Waals surface area contributed by atoms with Crippen molar-refractivity contribution in [3.05, 3.63) is 101 Å². The van der Waals surface area contributed by atoms with Crippen molar-refractivity contribution in [2.24, 2.45) is 5.10 Å². The Bertz CT molecular complexity index is 1180. The summed E-state index contributed by atoms with van der Waals surface area (Å²) < 4.78 is 6.93. The highest BCUT2D eigenvalue weighted by Gasteiger charge is 2.16. The fraction of sp³-hybridized carbons (Fsp3) is 0.115. The predicted molar refractivity (Wildman–Crippen MR) is 127 cm³/mol. The van der Waals surface area contributed by atoms with Crippen molar-refractivity contribution in [3.8, 4) is 22.7 Å². The van der Waals surface area contributed by atoms with E-state index in [1.54, 1.807) is 24.1 Å². The number of methoxy groups -OCH3 is 1. The van der Waals surface area contributed by atoms with Crippen molar-refractivity contribution in [3.63, 3.8) is 0 Å². The summed E-state index contributed by atoms with van der Waals surface area (Å²) in [5.74, 6) is 0.380. The third kappa shape index (κ3) is 4.75. The van der Waals surface area contributed by atoms with Crippen LogP contribution in [0.1, 0.15) is 27.2 Å². The Morgan fingerprint density at radius 2 is 1.56 bits per heavy atom. The summed E-state index contributed by atoms with van der Waals surface area (Å²) in [6.45, 7) is 4.08. The molecule has 4 rings (SSSR count). The number of amides is 1. The van der Waals surface area contributed by atoms with Crippen molar-refractivity contribution in [1.82, 2.24) is 15.2 Å². The molecule has 1 heterocycles. The van der Waals surface area contributed by atoms with Gasteiger partial charge in [0.15, 0.2) is 5.69 Å². The van der Waals surface area contributed by atoms with Crippen LogP contribution in [-0.2, 0) is 0 Å². The zero-order chi connectivity index (χ0) is 22.5. The highest BCUT2D eigenvalue weighted by molar-refractivity contribution is 5.94. The van der Waals surface area contributed by atoms with Gasteiger partial charge in [-0.3, -0.25) is 4.79 Å². The second-order valence-electron chi connectivity index (χ2n) is 7.50. The summed E-state index contributed by atoms with van der Waals surface area (Å²) in [5.41, 5.74) is 8.70. The Morgan fingerprint density at radius 1 is 0.938 bits per heavy atom. The highest BCUT2D eigenvalue weighted by atomic mass is 16.5. The maximum Gasteiger partial charge on any atom is 0.291 e. The Hall–Kier alpha value is -4.19. The molecule has 160 valence electrons. The molecule has 0 saturated heterocycles. The first-order chi connectivity index (χ1) is 15.5. The zero-order valence-electron chi connectivity index (χ0n) is 18.2. The molecule has 0 spiro atoms. The lowest BCUT2D eigenvalue weighted by Gasteiger charge is -2.08. The average molecular weight is 425 g/mol. The number of hydrazone groups is 1. The second kappa shape index (κ2) is 9.31. The van der Waals surface area contributed by atoms with Crippen LogP contribution < -0.4 is 10.2 Å². The van der Waals surface area contributed by atoms with Gasteiger partial charge in [0, 0.05) is 5.56 Å². The number of hydrogen-bond donors (Lipinski definition) is 1. The van der Waals surface area contributed by atoms with Crippen LogP contribution in [0, 0.1) is 13.8 Å². The molecular formula is C26H24N4O2. The van der Waals surface area contributed by atoms with E-state index in [-0.39, 0.29) is 11.6 Å². The number of nitrogens with one attached hydrogen (secondary N) is 1. The van der Waals surface area contributed by atoms with Crippen molar-refractivity contribution < 1.29 is 9.53 Å². The molecule has 0 atom stereocenters.